The van der Waals surface area contributed by atoms with Crippen molar-refractivity contribution >= 4 is 18.2 Å². The summed E-state index contributed by atoms with van der Waals surface area (Å²) < 4.78 is 7.22. The number of hydrogen-bond acceptors (Lipinski definition) is 3. The molecule has 5 nitrogen and oxygen atoms in total. The van der Waals surface area contributed by atoms with Crippen molar-refractivity contribution < 1.29 is 9.53 Å². The van der Waals surface area contributed by atoms with Crippen LogP contribution in [0.25, 0.3) is 12.2 Å². The predicted octanol–water partition coefficient (Wildman–Crippen LogP) is 4.37. The predicted molar refractivity (Wildman–Crippen MR) is 107 cm³/mol. The van der Waals surface area contributed by atoms with Crippen molar-refractivity contribution in [1.29, 1.82) is 0 Å². The highest BCUT2D eigenvalue weighted by Crippen LogP contribution is 2.10. The van der Waals surface area contributed by atoms with Crippen molar-refractivity contribution in [2.45, 2.75) is 19.6 Å². The van der Waals surface area contributed by atoms with Gasteiger partial charge >= 0.3 is 6.09 Å². The number of imidazole rings is 1. The molecule has 0 bridgehead atoms. The number of rotatable bonds is 8. The van der Waals surface area contributed by atoms with E-state index in [4.69, 9.17) is 4.74 Å². The molecule has 2 aromatic carbocycles. The van der Waals surface area contributed by atoms with Crippen molar-refractivity contribution in [2.24, 2.45) is 0 Å². The largest absolute Gasteiger partial charge is 0.445 e. The van der Waals surface area contributed by atoms with E-state index in [0.29, 0.717) is 6.54 Å². The molecule has 3 rings (SSSR count). The number of amides is 1. The molecule has 0 saturated heterocycles. The number of nitrogens with zero attached hydrogens (tertiary/aromatic N) is 2. The van der Waals surface area contributed by atoms with Crippen LogP contribution in [0.5, 0.6) is 0 Å². The summed E-state index contributed by atoms with van der Waals surface area (Å²) in [5, 5.41) is 2.76. The maximum Gasteiger partial charge on any atom is 0.407 e. The zero-order valence-electron chi connectivity index (χ0n) is 15.1. The van der Waals surface area contributed by atoms with Crippen molar-refractivity contribution in [3.63, 3.8) is 0 Å². The lowest BCUT2D eigenvalue weighted by molar-refractivity contribution is 0.139. The quantitative estimate of drug-likeness (QED) is 0.479. The van der Waals surface area contributed by atoms with Crippen molar-refractivity contribution in [3.8, 4) is 0 Å². The standard InChI is InChI=1S/C22H23N3O2/c26-22(24-13-4-15-25-16-14-23-18-25)27-17-21-11-9-20(10-12-21)8-7-19-5-2-1-3-6-19/h1-3,5-12,14,16,18H,4,13,15,17H2,(H,24,26). The lowest BCUT2D eigenvalue weighted by Crippen LogP contribution is -2.25. The molecular formula is C22H23N3O2. The summed E-state index contributed by atoms with van der Waals surface area (Å²) in [5.74, 6) is 0. The SMILES string of the molecule is O=C(NCCCn1ccnc1)OCc1ccc(C=Cc2ccccc2)cc1. The van der Waals surface area contributed by atoms with Crippen LogP contribution in [-0.4, -0.2) is 22.2 Å². The second-order valence-corrected chi connectivity index (χ2v) is 6.14. The van der Waals surface area contributed by atoms with Gasteiger partial charge in [0.15, 0.2) is 0 Å². The average Bonchev–Trinajstić information content (AvgIpc) is 3.23. The van der Waals surface area contributed by atoms with Crippen LogP contribution in [0.4, 0.5) is 4.79 Å². The molecule has 0 unspecified atom stereocenters. The first-order chi connectivity index (χ1) is 13.3. The molecule has 0 radical (unpaired) electrons. The summed E-state index contributed by atoms with van der Waals surface area (Å²) >= 11 is 0. The van der Waals surface area contributed by atoms with Crippen molar-refractivity contribution in [2.75, 3.05) is 6.54 Å². The number of alkyl carbamates (subject to hydrolysis) is 1. The zero-order chi connectivity index (χ0) is 18.7. The fraction of sp³-hybridized carbons (Fsp3) is 0.182. The Balaban J connectivity index is 1.36. The first-order valence-corrected chi connectivity index (χ1v) is 8.98. The second kappa shape index (κ2) is 9.97. The van der Waals surface area contributed by atoms with Gasteiger partial charge in [-0.2, -0.15) is 0 Å². The summed E-state index contributed by atoms with van der Waals surface area (Å²) in [6, 6.07) is 18.1. The van der Waals surface area contributed by atoms with E-state index in [1.54, 1.807) is 12.5 Å². The molecule has 1 aromatic heterocycles. The second-order valence-electron chi connectivity index (χ2n) is 6.14. The normalized spacial score (nSPS) is 10.8. The molecule has 0 fully saturated rings. The Morgan fingerprint density at radius 2 is 1.78 bits per heavy atom. The van der Waals surface area contributed by atoms with E-state index in [-0.39, 0.29) is 6.61 Å². The molecule has 138 valence electrons. The Labute approximate surface area is 159 Å². The lowest BCUT2D eigenvalue weighted by Gasteiger charge is -2.07. The Kier molecular flexibility index (Phi) is 6.81. The minimum atomic E-state index is -0.395. The van der Waals surface area contributed by atoms with Gasteiger partial charge in [0.25, 0.3) is 0 Å². The third-order valence-corrected chi connectivity index (χ3v) is 4.04. The summed E-state index contributed by atoms with van der Waals surface area (Å²) in [6.07, 6.45) is 9.97. The molecule has 0 aliphatic rings. The first kappa shape index (κ1) is 18.5. The number of aryl methyl sites for hydroxylation is 1. The van der Waals surface area contributed by atoms with Crippen molar-refractivity contribution in [1.82, 2.24) is 14.9 Å². The minimum absolute atomic E-state index is 0.260. The molecule has 1 amide bonds. The third-order valence-electron chi connectivity index (χ3n) is 4.04. The van der Waals surface area contributed by atoms with Gasteiger partial charge in [0.1, 0.15) is 6.61 Å². The van der Waals surface area contributed by atoms with Crippen LogP contribution in [0.15, 0.2) is 73.3 Å². The molecule has 0 spiro atoms. The van der Waals surface area contributed by atoms with Crippen LogP contribution >= 0.6 is 0 Å². The Morgan fingerprint density at radius 3 is 2.48 bits per heavy atom. The van der Waals surface area contributed by atoms with Crippen LogP contribution in [0, 0.1) is 0 Å². The van der Waals surface area contributed by atoms with E-state index in [2.05, 4.69) is 34.6 Å². The molecular weight excluding hydrogens is 338 g/mol. The highest BCUT2D eigenvalue weighted by molar-refractivity contribution is 5.69. The maximum atomic E-state index is 11.7. The third kappa shape index (κ3) is 6.47. The van der Waals surface area contributed by atoms with E-state index >= 15 is 0 Å². The van der Waals surface area contributed by atoms with Gasteiger partial charge in [-0.05, 0) is 23.1 Å². The molecule has 0 aliphatic heterocycles. The maximum absolute atomic E-state index is 11.7. The first-order valence-electron chi connectivity index (χ1n) is 8.98. The van der Waals surface area contributed by atoms with E-state index in [0.717, 1.165) is 29.7 Å². The van der Waals surface area contributed by atoms with Crippen LogP contribution < -0.4 is 5.32 Å². The van der Waals surface area contributed by atoms with E-state index < -0.39 is 6.09 Å². The minimum Gasteiger partial charge on any atom is -0.445 e. The average molecular weight is 361 g/mol. The monoisotopic (exact) mass is 361 g/mol. The number of hydrogen-bond donors (Lipinski definition) is 1. The Hall–Kier alpha value is -3.34. The highest BCUT2D eigenvalue weighted by atomic mass is 16.5. The van der Waals surface area contributed by atoms with Gasteiger partial charge in [-0.1, -0.05) is 66.7 Å². The topological polar surface area (TPSA) is 56.2 Å². The fourth-order valence-electron chi connectivity index (χ4n) is 2.55. The van der Waals surface area contributed by atoms with Crippen molar-refractivity contribution in [3.05, 3.63) is 90.0 Å². The van der Waals surface area contributed by atoms with E-state index in [9.17, 15) is 4.79 Å². The number of carbonyl (C=O) groups is 1. The lowest BCUT2D eigenvalue weighted by atomic mass is 10.1. The van der Waals surface area contributed by atoms with Gasteiger partial charge in [0, 0.05) is 25.5 Å². The van der Waals surface area contributed by atoms with E-state index in [1.165, 1.54) is 0 Å². The van der Waals surface area contributed by atoms with Gasteiger partial charge in [0.2, 0.25) is 0 Å². The summed E-state index contributed by atoms with van der Waals surface area (Å²) in [6.45, 7) is 1.65. The molecule has 1 N–H and O–H groups in total. The van der Waals surface area contributed by atoms with Gasteiger partial charge in [-0.25, -0.2) is 9.78 Å². The van der Waals surface area contributed by atoms with E-state index in [1.807, 2.05) is 53.2 Å². The molecule has 0 aliphatic carbocycles. The fourth-order valence-corrected chi connectivity index (χ4v) is 2.55. The van der Waals surface area contributed by atoms with Crippen LogP contribution in [0.3, 0.4) is 0 Å². The van der Waals surface area contributed by atoms with Gasteiger partial charge in [0.05, 0.1) is 6.33 Å². The molecule has 27 heavy (non-hydrogen) atoms. The van der Waals surface area contributed by atoms with Gasteiger partial charge in [-0.3, -0.25) is 0 Å². The summed E-state index contributed by atoms with van der Waals surface area (Å²) in [5.41, 5.74) is 3.22. The molecule has 5 heteroatoms. The number of aromatic nitrogens is 2. The van der Waals surface area contributed by atoms with Crippen LogP contribution in [-0.2, 0) is 17.9 Å². The summed E-state index contributed by atoms with van der Waals surface area (Å²) in [4.78, 5) is 15.7. The highest BCUT2D eigenvalue weighted by Gasteiger charge is 2.02. The number of nitrogens with one attached hydrogen (secondary N) is 1. The van der Waals surface area contributed by atoms with Gasteiger partial charge < -0.3 is 14.6 Å². The molecule has 1 heterocycles. The molecule has 0 atom stereocenters. The molecule has 0 saturated carbocycles. The molecule has 3 aromatic rings. The number of ether oxygens (including phenoxy) is 1. The van der Waals surface area contributed by atoms with Crippen LogP contribution in [0.1, 0.15) is 23.1 Å². The number of benzene rings is 2. The zero-order valence-corrected chi connectivity index (χ0v) is 15.1. The Bertz CT molecular complexity index is 841. The smallest absolute Gasteiger partial charge is 0.407 e. The number of carbonyl (C=O) groups excluding carboxylic acids is 1. The Morgan fingerprint density at radius 1 is 1.04 bits per heavy atom. The van der Waals surface area contributed by atoms with Crippen LogP contribution in [0.2, 0.25) is 0 Å². The summed E-state index contributed by atoms with van der Waals surface area (Å²) in [7, 11) is 0. The van der Waals surface area contributed by atoms with Gasteiger partial charge in [-0.15, -0.1) is 0 Å².